The number of carbonyl (C=O) groups is 1. The summed E-state index contributed by atoms with van der Waals surface area (Å²) < 4.78 is 0. The highest BCUT2D eigenvalue weighted by Crippen LogP contribution is 2.24. The van der Waals surface area contributed by atoms with Crippen LogP contribution in [-0.4, -0.2) is 16.9 Å². The molecule has 0 bridgehead atoms. The molecular formula is C18H21N3O3. The zero-order valence-corrected chi connectivity index (χ0v) is 13.9. The van der Waals surface area contributed by atoms with E-state index in [2.05, 4.69) is 12.2 Å². The van der Waals surface area contributed by atoms with E-state index in [1.807, 2.05) is 6.07 Å². The van der Waals surface area contributed by atoms with Crippen LogP contribution in [0, 0.1) is 34.3 Å². The van der Waals surface area contributed by atoms with Crippen molar-refractivity contribution in [2.45, 2.75) is 45.6 Å². The molecule has 1 aromatic rings. The van der Waals surface area contributed by atoms with Crippen LogP contribution in [0.15, 0.2) is 23.8 Å². The van der Waals surface area contributed by atoms with Gasteiger partial charge in [0.15, 0.2) is 0 Å². The maximum atomic E-state index is 12.3. The molecule has 126 valence electrons. The average molecular weight is 327 g/mol. The molecule has 0 aromatic heterocycles. The molecule has 0 heterocycles. The Morgan fingerprint density at radius 2 is 2.12 bits per heavy atom. The standard InChI is InChI=1S/C18H21N3O3/c1-12-5-3-4-6-16(12)20-18(22)15(11-19)9-14-8-7-13(2)17(10-14)21(23)24/h7-10,12,16H,3-6H2,1-2H3,(H,20,22)/b15-9+/t12-,16-/m0/s1. The van der Waals surface area contributed by atoms with Gasteiger partial charge in [-0.3, -0.25) is 14.9 Å². The second-order valence-electron chi connectivity index (χ2n) is 6.31. The molecule has 1 aromatic carbocycles. The van der Waals surface area contributed by atoms with Crippen molar-refractivity contribution in [3.05, 3.63) is 45.0 Å². The zero-order valence-electron chi connectivity index (χ0n) is 13.9. The Balaban J connectivity index is 2.19. The van der Waals surface area contributed by atoms with Crippen molar-refractivity contribution in [2.24, 2.45) is 5.92 Å². The van der Waals surface area contributed by atoms with Crippen LogP contribution >= 0.6 is 0 Å². The van der Waals surface area contributed by atoms with E-state index in [0.717, 1.165) is 19.3 Å². The van der Waals surface area contributed by atoms with Crippen LogP contribution in [0.2, 0.25) is 0 Å². The van der Waals surface area contributed by atoms with Crippen molar-refractivity contribution in [1.29, 1.82) is 5.26 Å². The second-order valence-corrected chi connectivity index (χ2v) is 6.31. The number of carbonyl (C=O) groups excluding carboxylic acids is 1. The van der Waals surface area contributed by atoms with E-state index >= 15 is 0 Å². The fraction of sp³-hybridized carbons (Fsp3) is 0.444. The summed E-state index contributed by atoms with van der Waals surface area (Å²) in [7, 11) is 0. The lowest BCUT2D eigenvalue weighted by molar-refractivity contribution is -0.385. The first-order chi connectivity index (χ1) is 11.4. The van der Waals surface area contributed by atoms with Crippen LogP contribution in [0.3, 0.4) is 0 Å². The number of hydrogen-bond donors (Lipinski definition) is 1. The van der Waals surface area contributed by atoms with Crippen LogP contribution in [0.25, 0.3) is 6.08 Å². The van der Waals surface area contributed by atoms with Crippen molar-refractivity contribution in [1.82, 2.24) is 5.32 Å². The third-order valence-corrected chi connectivity index (χ3v) is 4.53. The Bertz CT molecular complexity index is 719. The van der Waals surface area contributed by atoms with Gasteiger partial charge in [-0.15, -0.1) is 0 Å². The Morgan fingerprint density at radius 1 is 1.42 bits per heavy atom. The zero-order chi connectivity index (χ0) is 17.7. The summed E-state index contributed by atoms with van der Waals surface area (Å²) in [6.45, 7) is 3.75. The average Bonchev–Trinajstić information content (AvgIpc) is 2.55. The smallest absolute Gasteiger partial charge is 0.272 e. The first-order valence-electron chi connectivity index (χ1n) is 8.10. The highest BCUT2D eigenvalue weighted by Gasteiger charge is 2.24. The normalized spacial score (nSPS) is 21.0. The van der Waals surface area contributed by atoms with E-state index in [1.54, 1.807) is 19.1 Å². The van der Waals surface area contributed by atoms with E-state index in [0.29, 0.717) is 17.0 Å². The van der Waals surface area contributed by atoms with Crippen molar-refractivity contribution < 1.29 is 9.72 Å². The monoisotopic (exact) mass is 327 g/mol. The van der Waals surface area contributed by atoms with Gasteiger partial charge in [-0.05, 0) is 37.3 Å². The molecule has 1 N–H and O–H groups in total. The topological polar surface area (TPSA) is 96.0 Å². The van der Waals surface area contributed by atoms with Gasteiger partial charge >= 0.3 is 0 Å². The molecule has 2 rings (SSSR count). The molecular weight excluding hydrogens is 306 g/mol. The van der Waals surface area contributed by atoms with Crippen LogP contribution in [-0.2, 0) is 4.79 Å². The Morgan fingerprint density at radius 3 is 2.75 bits per heavy atom. The number of benzene rings is 1. The highest BCUT2D eigenvalue weighted by atomic mass is 16.6. The predicted octanol–water partition coefficient (Wildman–Crippen LogP) is 3.51. The summed E-state index contributed by atoms with van der Waals surface area (Å²) in [4.78, 5) is 22.9. The minimum atomic E-state index is -0.470. The molecule has 1 fully saturated rings. The molecule has 1 saturated carbocycles. The lowest BCUT2D eigenvalue weighted by Gasteiger charge is -2.29. The van der Waals surface area contributed by atoms with Gasteiger partial charge in [0.25, 0.3) is 11.6 Å². The predicted molar refractivity (Wildman–Crippen MR) is 91.0 cm³/mol. The van der Waals surface area contributed by atoms with Gasteiger partial charge in [0.2, 0.25) is 0 Å². The molecule has 1 aliphatic rings. The largest absolute Gasteiger partial charge is 0.348 e. The van der Waals surface area contributed by atoms with Crippen LogP contribution in [0.5, 0.6) is 0 Å². The summed E-state index contributed by atoms with van der Waals surface area (Å²) in [5.74, 6) is -0.0254. The molecule has 0 saturated heterocycles. The van der Waals surface area contributed by atoms with E-state index in [1.165, 1.54) is 18.6 Å². The SMILES string of the molecule is Cc1ccc(/C=C(\C#N)C(=O)N[C@H]2CCCC[C@@H]2C)cc1[N+](=O)[O-]. The third-order valence-electron chi connectivity index (χ3n) is 4.53. The van der Waals surface area contributed by atoms with Gasteiger partial charge in [-0.25, -0.2) is 0 Å². The Kier molecular flexibility index (Phi) is 5.69. The minimum absolute atomic E-state index is 0.0256. The van der Waals surface area contributed by atoms with Crippen molar-refractivity contribution >= 4 is 17.7 Å². The van der Waals surface area contributed by atoms with E-state index in [9.17, 15) is 20.2 Å². The van der Waals surface area contributed by atoms with E-state index in [4.69, 9.17) is 0 Å². The Labute approximate surface area is 141 Å². The summed E-state index contributed by atoms with van der Waals surface area (Å²) >= 11 is 0. The molecule has 24 heavy (non-hydrogen) atoms. The van der Waals surface area contributed by atoms with Gasteiger partial charge in [0, 0.05) is 17.7 Å². The third kappa shape index (κ3) is 4.19. The summed E-state index contributed by atoms with van der Waals surface area (Å²) in [6, 6.07) is 6.63. The molecule has 0 unspecified atom stereocenters. The van der Waals surface area contributed by atoms with Crippen LogP contribution in [0.4, 0.5) is 5.69 Å². The van der Waals surface area contributed by atoms with Gasteiger partial charge in [-0.2, -0.15) is 5.26 Å². The number of nitriles is 1. The maximum Gasteiger partial charge on any atom is 0.272 e. The van der Waals surface area contributed by atoms with Gasteiger partial charge < -0.3 is 5.32 Å². The molecule has 2 atom stereocenters. The fourth-order valence-corrected chi connectivity index (χ4v) is 3.00. The van der Waals surface area contributed by atoms with E-state index < -0.39 is 10.8 Å². The number of nitro benzene ring substituents is 1. The second kappa shape index (κ2) is 7.73. The molecule has 0 radical (unpaired) electrons. The van der Waals surface area contributed by atoms with Gasteiger partial charge in [0.1, 0.15) is 11.6 Å². The number of rotatable bonds is 4. The molecule has 0 aliphatic heterocycles. The molecule has 6 heteroatoms. The molecule has 6 nitrogen and oxygen atoms in total. The summed E-state index contributed by atoms with van der Waals surface area (Å²) in [6.07, 6.45) is 5.63. The lowest BCUT2D eigenvalue weighted by Crippen LogP contribution is -2.41. The van der Waals surface area contributed by atoms with Crippen LogP contribution in [0.1, 0.15) is 43.7 Å². The molecule has 1 aliphatic carbocycles. The first kappa shape index (κ1) is 17.7. The summed E-state index contributed by atoms with van der Waals surface area (Å²) in [5, 5.41) is 23.2. The quantitative estimate of drug-likeness (QED) is 0.396. The lowest BCUT2D eigenvalue weighted by atomic mass is 9.86. The number of hydrogen-bond acceptors (Lipinski definition) is 4. The van der Waals surface area contributed by atoms with Crippen molar-refractivity contribution in [3.63, 3.8) is 0 Å². The first-order valence-corrected chi connectivity index (χ1v) is 8.10. The maximum absolute atomic E-state index is 12.3. The Hall–Kier alpha value is -2.68. The number of nitro groups is 1. The van der Waals surface area contributed by atoms with Gasteiger partial charge in [0.05, 0.1) is 4.92 Å². The number of amides is 1. The van der Waals surface area contributed by atoms with Crippen molar-refractivity contribution in [2.75, 3.05) is 0 Å². The van der Waals surface area contributed by atoms with Crippen molar-refractivity contribution in [3.8, 4) is 6.07 Å². The van der Waals surface area contributed by atoms with E-state index in [-0.39, 0.29) is 17.3 Å². The molecule has 0 spiro atoms. The van der Waals surface area contributed by atoms with Crippen LogP contribution < -0.4 is 5.32 Å². The summed E-state index contributed by atoms with van der Waals surface area (Å²) in [5.41, 5.74) is 0.945. The minimum Gasteiger partial charge on any atom is -0.348 e. The van der Waals surface area contributed by atoms with Gasteiger partial charge in [-0.1, -0.05) is 31.9 Å². The number of nitrogens with one attached hydrogen (secondary N) is 1. The highest BCUT2D eigenvalue weighted by molar-refractivity contribution is 6.01. The molecule has 1 amide bonds. The number of nitrogens with zero attached hydrogens (tertiary/aromatic N) is 2. The fourth-order valence-electron chi connectivity index (χ4n) is 3.00. The number of aryl methyl sites for hydroxylation is 1.